The van der Waals surface area contributed by atoms with E-state index in [4.69, 9.17) is 9.57 Å². The second kappa shape index (κ2) is 11.1. The summed E-state index contributed by atoms with van der Waals surface area (Å²) in [4.78, 5) is 46.2. The van der Waals surface area contributed by atoms with Crippen LogP contribution in [0.3, 0.4) is 0 Å². The highest BCUT2D eigenvalue weighted by Crippen LogP contribution is 2.74. The van der Waals surface area contributed by atoms with Gasteiger partial charge in [-0.2, -0.15) is 11.8 Å². The standard InChI is InChI=1S/C29H34N2O5S2/c1-7-19-12-14-21(15-13-19)31-25(32)24-28(4,29(24,37-6)27(31)34)17-38-16-20-10-8-9-11-22(20)23(30-35-5)26(33)36-18(2)3/h8-15,18,24H,7,16-17H2,1-6H3/b30-23+. The van der Waals surface area contributed by atoms with E-state index in [9.17, 15) is 14.4 Å². The third-order valence-electron chi connectivity index (χ3n) is 7.37. The van der Waals surface area contributed by atoms with Gasteiger partial charge in [0.2, 0.25) is 5.91 Å². The van der Waals surface area contributed by atoms with Gasteiger partial charge in [-0.3, -0.25) is 9.59 Å². The van der Waals surface area contributed by atoms with Crippen LogP contribution < -0.4 is 4.90 Å². The van der Waals surface area contributed by atoms with Gasteiger partial charge in [0.05, 0.1) is 17.7 Å². The van der Waals surface area contributed by atoms with Crippen molar-refractivity contribution in [3.63, 3.8) is 0 Å². The SMILES string of the molecule is CCc1ccc(N2C(=O)C3C(C)(CSCc4ccccc4/C(=N\OC)C(=O)OC(C)C)C3(SC)C2=O)cc1. The van der Waals surface area contributed by atoms with Gasteiger partial charge in [0.25, 0.3) is 5.91 Å². The molecule has 0 N–H and O–H groups in total. The molecule has 1 saturated carbocycles. The number of imide groups is 1. The van der Waals surface area contributed by atoms with E-state index < -0.39 is 16.1 Å². The molecule has 2 fully saturated rings. The Morgan fingerprint density at radius 3 is 2.39 bits per heavy atom. The number of anilines is 1. The normalized spacial score (nSPS) is 24.6. The van der Waals surface area contributed by atoms with Gasteiger partial charge in [-0.15, -0.1) is 11.8 Å². The van der Waals surface area contributed by atoms with Gasteiger partial charge < -0.3 is 9.57 Å². The summed E-state index contributed by atoms with van der Waals surface area (Å²) in [6, 6.07) is 15.2. The number of aryl methyl sites for hydroxylation is 1. The lowest BCUT2D eigenvalue weighted by Gasteiger charge is -2.26. The molecule has 1 aliphatic heterocycles. The summed E-state index contributed by atoms with van der Waals surface area (Å²) in [6.45, 7) is 7.67. The first-order valence-electron chi connectivity index (χ1n) is 12.7. The Bertz CT molecular complexity index is 1260. The molecule has 202 valence electrons. The molecule has 38 heavy (non-hydrogen) atoms. The Kier molecular flexibility index (Phi) is 8.28. The number of piperidine rings is 1. The molecule has 1 saturated heterocycles. The van der Waals surface area contributed by atoms with Crippen LogP contribution in [0, 0.1) is 11.3 Å². The van der Waals surface area contributed by atoms with Gasteiger partial charge in [0.15, 0.2) is 5.71 Å². The van der Waals surface area contributed by atoms with Crippen LogP contribution in [0.2, 0.25) is 0 Å². The maximum atomic E-state index is 13.7. The zero-order valence-electron chi connectivity index (χ0n) is 22.6. The number of carbonyl (C=O) groups is 3. The van der Waals surface area contributed by atoms with Gasteiger partial charge in [-0.25, -0.2) is 9.69 Å². The first-order chi connectivity index (χ1) is 18.2. The van der Waals surface area contributed by atoms with Crippen molar-refractivity contribution < 1.29 is 24.0 Å². The average Bonchev–Trinajstić information content (AvgIpc) is 3.36. The molecule has 9 heteroatoms. The summed E-state index contributed by atoms with van der Waals surface area (Å²) in [6.07, 6.45) is 2.53. The summed E-state index contributed by atoms with van der Waals surface area (Å²) >= 11 is 3.13. The monoisotopic (exact) mass is 554 g/mol. The van der Waals surface area contributed by atoms with Crippen LogP contribution in [-0.2, 0) is 36.1 Å². The van der Waals surface area contributed by atoms with Crippen molar-refractivity contribution in [2.24, 2.45) is 16.5 Å². The van der Waals surface area contributed by atoms with Crippen LogP contribution in [0.25, 0.3) is 0 Å². The first kappa shape index (κ1) is 28.2. The van der Waals surface area contributed by atoms with Crippen LogP contribution in [0.5, 0.6) is 0 Å². The van der Waals surface area contributed by atoms with Crippen molar-refractivity contribution in [2.75, 3.05) is 24.0 Å². The smallest absolute Gasteiger partial charge is 0.361 e. The second-order valence-electron chi connectivity index (χ2n) is 10.0. The number of carbonyl (C=O) groups excluding carboxylic acids is 3. The maximum Gasteiger partial charge on any atom is 0.361 e. The Morgan fingerprint density at radius 2 is 1.82 bits per heavy atom. The lowest BCUT2D eigenvalue weighted by atomic mass is 10.0. The summed E-state index contributed by atoms with van der Waals surface area (Å²) in [5, 5.41) is 3.95. The molecule has 7 nitrogen and oxygen atoms in total. The molecular weight excluding hydrogens is 520 g/mol. The fraction of sp³-hybridized carbons (Fsp3) is 0.448. The summed E-state index contributed by atoms with van der Waals surface area (Å²) in [5.41, 5.74) is 3.00. The van der Waals surface area contributed by atoms with Crippen LogP contribution in [0.15, 0.2) is 53.7 Å². The zero-order chi connectivity index (χ0) is 27.7. The molecule has 1 heterocycles. The van der Waals surface area contributed by atoms with E-state index in [0.29, 0.717) is 22.8 Å². The van der Waals surface area contributed by atoms with Crippen LogP contribution in [0.4, 0.5) is 5.69 Å². The van der Waals surface area contributed by atoms with E-state index in [0.717, 1.165) is 17.5 Å². The molecule has 0 aromatic heterocycles. The number of hydrogen-bond donors (Lipinski definition) is 0. The van der Waals surface area contributed by atoms with Crippen molar-refractivity contribution in [1.29, 1.82) is 0 Å². The lowest BCUT2D eigenvalue weighted by Crippen LogP contribution is -2.42. The molecule has 1 aliphatic carbocycles. The zero-order valence-corrected chi connectivity index (χ0v) is 24.3. The molecule has 2 aromatic carbocycles. The predicted molar refractivity (Wildman–Crippen MR) is 154 cm³/mol. The number of thioether (sulfide) groups is 2. The van der Waals surface area contributed by atoms with Crippen molar-refractivity contribution in [1.82, 2.24) is 0 Å². The van der Waals surface area contributed by atoms with E-state index in [1.807, 2.05) is 61.7 Å². The Labute approximate surface area is 232 Å². The largest absolute Gasteiger partial charge is 0.458 e. The van der Waals surface area contributed by atoms with E-state index in [1.54, 1.807) is 25.6 Å². The molecule has 4 rings (SSSR count). The highest BCUT2D eigenvalue weighted by molar-refractivity contribution is 8.01. The molecule has 3 unspecified atom stereocenters. The lowest BCUT2D eigenvalue weighted by molar-refractivity contribution is -0.139. The topological polar surface area (TPSA) is 85.3 Å². The number of amides is 2. The second-order valence-corrected chi connectivity index (χ2v) is 12.1. The number of nitrogens with zero attached hydrogens (tertiary/aromatic N) is 2. The Balaban J connectivity index is 1.50. The van der Waals surface area contributed by atoms with Crippen molar-refractivity contribution in [2.45, 2.75) is 50.7 Å². The highest BCUT2D eigenvalue weighted by atomic mass is 32.2. The van der Waals surface area contributed by atoms with E-state index in [-0.39, 0.29) is 29.5 Å². The maximum absolute atomic E-state index is 13.7. The van der Waals surface area contributed by atoms with Crippen LogP contribution >= 0.6 is 23.5 Å². The Morgan fingerprint density at radius 1 is 1.13 bits per heavy atom. The molecule has 0 spiro atoms. The Hall–Kier alpha value is -2.78. The van der Waals surface area contributed by atoms with E-state index in [2.05, 4.69) is 12.1 Å². The number of hydrogen-bond acceptors (Lipinski definition) is 8. The third-order valence-corrected chi connectivity index (χ3v) is 10.2. The molecule has 2 amide bonds. The molecular formula is C29H34N2O5S2. The number of fused-ring (bicyclic) bond motifs is 1. The number of esters is 1. The van der Waals surface area contributed by atoms with Gasteiger partial charge in [0.1, 0.15) is 11.9 Å². The molecule has 2 aliphatic rings. The molecule has 0 radical (unpaired) electrons. The fourth-order valence-corrected chi connectivity index (χ4v) is 8.36. The van der Waals surface area contributed by atoms with Crippen molar-refractivity contribution in [3.8, 4) is 0 Å². The number of benzene rings is 2. The number of rotatable bonds is 11. The van der Waals surface area contributed by atoms with E-state index in [1.165, 1.54) is 23.8 Å². The summed E-state index contributed by atoms with van der Waals surface area (Å²) < 4.78 is 4.61. The minimum absolute atomic E-state index is 0.113. The predicted octanol–water partition coefficient (Wildman–Crippen LogP) is 5.10. The number of oxime groups is 1. The number of ether oxygens (including phenoxy) is 1. The minimum atomic E-state index is -0.760. The highest BCUT2D eigenvalue weighted by Gasteiger charge is 2.85. The summed E-state index contributed by atoms with van der Waals surface area (Å²) in [7, 11) is 1.39. The van der Waals surface area contributed by atoms with E-state index >= 15 is 0 Å². The van der Waals surface area contributed by atoms with Gasteiger partial charge in [-0.1, -0.05) is 55.4 Å². The molecule has 0 bridgehead atoms. The van der Waals surface area contributed by atoms with Crippen molar-refractivity contribution >= 4 is 52.7 Å². The van der Waals surface area contributed by atoms with Crippen LogP contribution in [0.1, 0.15) is 44.4 Å². The average molecular weight is 555 g/mol. The first-order valence-corrected chi connectivity index (χ1v) is 15.0. The fourth-order valence-electron chi connectivity index (χ4n) is 5.41. The molecule has 2 aromatic rings. The quantitative estimate of drug-likeness (QED) is 0.165. The van der Waals surface area contributed by atoms with Gasteiger partial charge in [-0.05, 0) is 49.8 Å². The van der Waals surface area contributed by atoms with Gasteiger partial charge >= 0.3 is 5.97 Å². The summed E-state index contributed by atoms with van der Waals surface area (Å²) in [5.74, 6) is 0.0396. The van der Waals surface area contributed by atoms with Crippen LogP contribution in [-0.4, -0.2) is 53.5 Å². The van der Waals surface area contributed by atoms with Crippen molar-refractivity contribution in [3.05, 3.63) is 65.2 Å². The molecule has 3 atom stereocenters. The third kappa shape index (κ3) is 4.64. The van der Waals surface area contributed by atoms with Gasteiger partial charge in [0, 0.05) is 22.5 Å². The minimum Gasteiger partial charge on any atom is -0.458 e.